The van der Waals surface area contributed by atoms with Crippen molar-refractivity contribution in [2.45, 2.75) is 37.7 Å². The monoisotopic (exact) mass is 312 g/mol. The molecule has 1 N–H and O–H groups in total. The number of likely N-dealkylation sites (tertiary alicyclic amines) is 1. The first-order valence-corrected chi connectivity index (χ1v) is 8.64. The van der Waals surface area contributed by atoms with Crippen molar-refractivity contribution in [3.8, 4) is 0 Å². The van der Waals surface area contributed by atoms with Gasteiger partial charge in [0, 0.05) is 43.2 Å². The van der Waals surface area contributed by atoms with E-state index in [1.807, 2.05) is 47.0 Å². The quantitative estimate of drug-likeness (QED) is 0.880. The van der Waals surface area contributed by atoms with Crippen LogP contribution in [0.5, 0.6) is 0 Å². The van der Waals surface area contributed by atoms with E-state index in [4.69, 9.17) is 0 Å². The number of fused-ring (bicyclic) bond motifs is 2. The number of aliphatic hydroxyl groups is 1. The van der Waals surface area contributed by atoms with Crippen LogP contribution >= 0.6 is 0 Å². The van der Waals surface area contributed by atoms with E-state index in [9.17, 15) is 9.90 Å². The molecule has 1 saturated heterocycles. The van der Waals surface area contributed by atoms with E-state index in [0.717, 1.165) is 35.7 Å². The lowest BCUT2D eigenvalue weighted by molar-refractivity contribution is -0.0885. The summed E-state index contributed by atoms with van der Waals surface area (Å²) in [7, 11) is 1.98. The van der Waals surface area contributed by atoms with Crippen LogP contribution in [0.1, 0.15) is 42.5 Å². The van der Waals surface area contributed by atoms with Crippen molar-refractivity contribution >= 4 is 16.8 Å². The summed E-state index contributed by atoms with van der Waals surface area (Å²) in [6, 6.07) is 8.04. The van der Waals surface area contributed by atoms with E-state index in [1.54, 1.807) is 0 Å². The number of benzene rings is 1. The van der Waals surface area contributed by atoms with Gasteiger partial charge in [0.1, 0.15) is 0 Å². The molecule has 2 aliphatic rings. The lowest BCUT2D eigenvalue weighted by Gasteiger charge is -2.47. The van der Waals surface area contributed by atoms with Crippen molar-refractivity contribution in [3.05, 3.63) is 36.0 Å². The maximum Gasteiger partial charge on any atom is 0.256 e. The molecule has 2 fully saturated rings. The molecule has 0 radical (unpaired) electrons. The molecule has 4 heteroatoms. The van der Waals surface area contributed by atoms with E-state index in [2.05, 4.69) is 0 Å². The minimum Gasteiger partial charge on any atom is -0.389 e. The number of aryl methyl sites for hydroxylation is 1. The van der Waals surface area contributed by atoms with Gasteiger partial charge >= 0.3 is 0 Å². The van der Waals surface area contributed by atoms with Gasteiger partial charge in [-0.15, -0.1) is 0 Å². The SMILES string of the molecule is Cn1cc(C(=O)N2CC[C@]3(O)CCCC[C@@H]3C2)c2ccccc21. The van der Waals surface area contributed by atoms with Gasteiger partial charge in [0.25, 0.3) is 5.91 Å². The molecular weight excluding hydrogens is 288 g/mol. The van der Waals surface area contributed by atoms with Gasteiger partial charge in [-0.2, -0.15) is 0 Å². The summed E-state index contributed by atoms with van der Waals surface area (Å²) in [5, 5.41) is 11.8. The molecule has 2 atom stereocenters. The highest BCUT2D eigenvalue weighted by Crippen LogP contribution is 2.40. The Balaban J connectivity index is 1.62. The molecule has 1 amide bonds. The van der Waals surface area contributed by atoms with Gasteiger partial charge in [0.2, 0.25) is 0 Å². The average molecular weight is 312 g/mol. The molecule has 4 nitrogen and oxygen atoms in total. The van der Waals surface area contributed by atoms with E-state index < -0.39 is 5.60 Å². The molecule has 1 saturated carbocycles. The van der Waals surface area contributed by atoms with Gasteiger partial charge in [0.15, 0.2) is 0 Å². The fraction of sp³-hybridized carbons (Fsp3) is 0.526. The molecule has 0 spiro atoms. The van der Waals surface area contributed by atoms with Crippen LogP contribution in [-0.4, -0.2) is 39.2 Å². The number of carbonyl (C=O) groups is 1. The van der Waals surface area contributed by atoms with Gasteiger partial charge in [-0.25, -0.2) is 0 Å². The first kappa shape index (κ1) is 14.8. The van der Waals surface area contributed by atoms with E-state index in [1.165, 1.54) is 6.42 Å². The second kappa shape index (κ2) is 5.38. The maximum absolute atomic E-state index is 13.0. The van der Waals surface area contributed by atoms with Crippen LogP contribution < -0.4 is 0 Å². The van der Waals surface area contributed by atoms with Crippen molar-refractivity contribution in [1.82, 2.24) is 9.47 Å². The Hall–Kier alpha value is -1.81. The Bertz CT molecular complexity index is 751. The summed E-state index contributed by atoms with van der Waals surface area (Å²) < 4.78 is 2.02. The molecule has 1 aromatic carbocycles. The molecule has 1 aliphatic carbocycles. The van der Waals surface area contributed by atoms with Gasteiger partial charge < -0.3 is 14.6 Å². The molecule has 2 heterocycles. The van der Waals surface area contributed by atoms with Crippen LogP contribution in [0.3, 0.4) is 0 Å². The highest BCUT2D eigenvalue weighted by atomic mass is 16.3. The zero-order valence-electron chi connectivity index (χ0n) is 13.7. The summed E-state index contributed by atoms with van der Waals surface area (Å²) >= 11 is 0. The smallest absolute Gasteiger partial charge is 0.256 e. The highest BCUT2D eigenvalue weighted by molar-refractivity contribution is 6.07. The molecule has 4 rings (SSSR count). The van der Waals surface area contributed by atoms with Crippen LogP contribution in [0.15, 0.2) is 30.5 Å². The van der Waals surface area contributed by atoms with Crippen LogP contribution in [0, 0.1) is 5.92 Å². The predicted molar refractivity (Wildman–Crippen MR) is 90.3 cm³/mol. The van der Waals surface area contributed by atoms with E-state index >= 15 is 0 Å². The zero-order chi connectivity index (χ0) is 16.0. The summed E-state index contributed by atoms with van der Waals surface area (Å²) in [4.78, 5) is 15.0. The number of hydrogen-bond acceptors (Lipinski definition) is 2. The Morgan fingerprint density at radius 1 is 1.26 bits per heavy atom. The number of hydrogen-bond donors (Lipinski definition) is 1. The average Bonchev–Trinajstić information content (AvgIpc) is 2.91. The normalized spacial score (nSPS) is 27.9. The Morgan fingerprint density at radius 2 is 2.09 bits per heavy atom. The molecule has 122 valence electrons. The number of piperidine rings is 1. The number of amides is 1. The standard InChI is InChI=1S/C19H24N2O2/c1-20-13-16(15-7-2-3-8-17(15)20)18(22)21-11-10-19(23)9-5-4-6-14(19)12-21/h2-3,7-8,13-14,23H,4-6,9-12H2,1H3/t14-,19-/m1/s1. The summed E-state index contributed by atoms with van der Waals surface area (Å²) in [6.07, 6.45) is 6.88. The number of aromatic nitrogens is 1. The van der Waals surface area contributed by atoms with E-state index in [0.29, 0.717) is 19.5 Å². The molecule has 2 aromatic rings. The number of para-hydroxylation sites is 1. The number of carbonyl (C=O) groups excluding carboxylic acids is 1. The van der Waals surface area contributed by atoms with Crippen LogP contribution in [0.2, 0.25) is 0 Å². The van der Waals surface area contributed by atoms with Crippen LogP contribution in [-0.2, 0) is 7.05 Å². The molecule has 23 heavy (non-hydrogen) atoms. The fourth-order valence-electron chi connectivity index (χ4n) is 4.44. The summed E-state index contributed by atoms with van der Waals surface area (Å²) in [6.45, 7) is 1.35. The van der Waals surface area contributed by atoms with Crippen molar-refractivity contribution in [1.29, 1.82) is 0 Å². The predicted octanol–water partition coefficient (Wildman–Crippen LogP) is 2.95. The third-order valence-electron chi connectivity index (χ3n) is 5.84. The summed E-state index contributed by atoms with van der Waals surface area (Å²) in [5.74, 6) is 0.346. The van der Waals surface area contributed by atoms with Gasteiger partial charge in [-0.05, 0) is 25.3 Å². The second-order valence-corrected chi connectivity index (χ2v) is 7.22. The van der Waals surface area contributed by atoms with Crippen molar-refractivity contribution in [2.24, 2.45) is 13.0 Å². The van der Waals surface area contributed by atoms with Crippen LogP contribution in [0.4, 0.5) is 0 Å². The number of rotatable bonds is 1. The largest absolute Gasteiger partial charge is 0.389 e. The molecular formula is C19H24N2O2. The van der Waals surface area contributed by atoms with Crippen LogP contribution in [0.25, 0.3) is 10.9 Å². The van der Waals surface area contributed by atoms with Gasteiger partial charge in [-0.1, -0.05) is 31.0 Å². The van der Waals surface area contributed by atoms with Gasteiger partial charge in [-0.3, -0.25) is 4.79 Å². The first-order chi connectivity index (χ1) is 11.1. The minimum absolute atomic E-state index is 0.106. The highest BCUT2D eigenvalue weighted by Gasteiger charge is 2.44. The first-order valence-electron chi connectivity index (χ1n) is 8.64. The lowest BCUT2D eigenvalue weighted by Crippen LogP contribution is -2.54. The third kappa shape index (κ3) is 2.36. The Kier molecular flexibility index (Phi) is 3.45. The van der Waals surface area contributed by atoms with Crippen molar-refractivity contribution in [3.63, 3.8) is 0 Å². The van der Waals surface area contributed by atoms with E-state index in [-0.39, 0.29) is 11.8 Å². The van der Waals surface area contributed by atoms with Crippen molar-refractivity contribution < 1.29 is 9.90 Å². The lowest BCUT2D eigenvalue weighted by atomic mass is 9.71. The third-order valence-corrected chi connectivity index (χ3v) is 5.84. The molecule has 0 bridgehead atoms. The molecule has 1 aliphatic heterocycles. The minimum atomic E-state index is -0.534. The molecule has 0 unspecified atom stereocenters. The summed E-state index contributed by atoms with van der Waals surface area (Å²) in [5.41, 5.74) is 1.33. The second-order valence-electron chi connectivity index (χ2n) is 7.22. The topological polar surface area (TPSA) is 45.5 Å². The zero-order valence-corrected chi connectivity index (χ0v) is 13.7. The maximum atomic E-state index is 13.0. The van der Waals surface area contributed by atoms with Gasteiger partial charge in [0.05, 0.1) is 11.2 Å². The molecule has 1 aromatic heterocycles. The number of nitrogens with zero attached hydrogens (tertiary/aromatic N) is 2. The fourth-order valence-corrected chi connectivity index (χ4v) is 4.44. The van der Waals surface area contributed by atoms with Crippen molar-refractivity contribution in [2.75, 3.05) is 13.1 Å². The Morgan fingerprint density at radius 3 is 2.96 bits per heavy atom. The Labute approximate surface area is 136 Å².